The Hall–Kier alpha value is -5.98. The number of likely N-dealkylation sites (tertiary alicyclic amines) is 1. The molecule has 4 aromatic rings. The van der Waals surface area contributed by atoms with Crippen LogP contribution < -0.4 is 20.3 Å². The molecule has 0 unspecified atom stereocenters. The molecule has 19 heteroatoms. The molecular formula is C38H37ClF2N10O6. The number of ether oxygens (including phenoxy) is 1. The molecule has 296 valence electrons. The number of anilines is 2. The third-order valence-electron chi connectivity index (χ3n) is 10.5. The molecule has 0 aliphatic carbocycles. The number of carbonyl (C=O) groups excluding carboxylic acids is 5. The number of alkyl halides is 3. The summed E-state index contributed by atoms with van der Waals surface area (Å²) in [7, 11) is 0. The van der Waals surface area contributed by atoms with Gasteiger partial charge in [-0.2, -0.15) is 10.1 Å². The summed E-state index contributed by atoms with van der Waals surface area (Å²) in [4.78, 5) is 75.2. The Morgan fingerprint density at radius 2 is 1.63 bits per heavy atom. The van der Waals surface area contributed by atoms with Gasteiger partial charge in [-0.25, -0.2) is 14.8 Å². The molecule has 2 aromatic carbocycles. The predicted molar refractivity (Wildman–Crippen MR) is 202 cm³/mol. The molecule has 6 heterocycles. The Bertz CT molecular complexity index is 2200. The number of aromatic nitrogens is 3. The fourth-order valence-corrected chi connectivity index (χ4v) is 7.80. The van der Waals surface area contributed by atoms with Crippen molar-refractivity contribution in [2.75, 3.05) is 56.0 Å². The molecule has 16 nitrogen and oxygen atoms in total. The van der Waals surface area contributed by atoms with E-state index in [0.29, 0.717) is 40.9 Å². The minimum absolute atomic E-state index is 0.000268. The topological polar surface area (TPSA) is 176 Å². The van der Waals surface area contributed by atoms with Crippen molar-refractivity contribution in [2.24, 2.45) is 0 Å². The van der Waals surface area contributed by atoms with Crippen LogP contribution in [0.3, 0.4) is 0 Å². The van der Waals surface area contributed by atoms with E-state index in [9.17, 15) is 32.8 Å². The predicted octanol–water partition coefficient (Wildman–Crippen LogP) is 4.13. The van der Waals surface area contributed by atoms with E-state index in [2.05, 4.69) is 40.3 Å². The summed E-state index contributed by atoms with van der Waals surface area (Å²) in [6, 6.07) is 13.8. The summed E-state index contributed by atoms with van der Waals surface area (Å²) in [6.07, 6.45) is 5.14. The van der Waals surface area contributed by atoms with Crippen LogP contribution in [0.15, 0.2) is 67.0 Å². The second-order valence-electron chi connectivity index (χ2n) is 14.1. The zero-order chi connectivity index (χ0) is 39.8. The number of rotatable bonds is 10. The van der Waals surface area contributed by atoms with Crippen molar-refractivity contribution in [3.63, 3.8) is 0 Å². The number of halogens is 3. The van der Waals surface area contributed by atoms with E-state index in [1.807, 2.05) is 12.1 Å². The highest BCUT2D eigenvalue weighted by Crippen LogP contribution is 2.32. The van der Waals surface area contributed by atoms with Crippen LogP contribution >= 0.6 is 11.6 Å². The fourth-order valence-electron chi connectivity index (χ4n) is 7.71. The van der Waals surface area contributed by atoms with Crippen LogP contribution in [0.2, 0.25) is 0 Å². The molecule has 0 bridgehead atoms. The van der Waals surface area contributed by atoms with E-state index in [1.165, 1.54) is 30.5 Å². The first-order valence-electron chi connectivity index (χ1n) is 18.4. The number of nitrogens with one attached hydrogen (secondary N) is 3. The SMILES string of the molecule is O=C1CCN(N2C(=O)c3ccc(CN4CCC(N5CCN(c6ncc(C(=O)Nc7ccc(OC(F)(F)Cl)cc7)cc6-c6cc[nH]n6)CC5)CC4)cc3C2=O)C(=O)N1. The first kappa shape index (κ1) is 37.9. The summed E-state index contributed by atoms with van der Waals surface area (Å²) in [5.41, 5.74) is -0.483. The molecular weight excluding hydrogens is 766 g/mol. The monoisotopic (exact) mass is 802 g/mol. The third kappa shape index (κ3) is 8.14. The highest BCUT2D eigenvalue weighted by Gasteiger charge is 2.43. The number of fused-ring (bicyclic) bond motifs is 1. The van der Waals surface area contributed by atoms with Gasteiger partial charge in [0.15, 0.2) is 0 Å². The van der Waals surface area contributed by atoms with Crippen molar-refractivity contribution in [1.29, 1.82) is 0 Å². The van der Waals surface area contributed by atoms with Gasteiger partial charge in [0.2, 0.25) is 5.91 Å². The maximum atomic E-state index is 13.3. The van der Waals surface area contributed by atoms with Crippen LogP contribution in [0.1, 0.15) is 55.9 Å². The Morgan fingerprint density at radius 3 is 2.32 bits per heavy atom. The molecule has 0 atom stereocenters. The van der Waals surface area contributed by atoms with Gasteiger partial charge in [0.1, 0.15) is 11.6 Å². The highest BCUT2D eigenvalue weighted by atomic mass is 35.5. The number of amides is 6. The molecule has 6 amide bonds. The molecule has 3 saturated heterocycles. The second kappa shape index (κ2) is 15.5. The Labute approximate surface area is 329 Å². The third-order valence-corrected chi connectivity index (χ3v) is 10.6. The standard InChI is InChI=1S/C38H37ClF2N10O6/c39-38(40,41)57-27-4-2-25(3-5-27)44-34(53)24-20-30(31-7-11-43-46-31)33(42-21-24)49-17-15-48(16-18-49)26-8-12-47(13-9-26)22-23-1-6-28-29(19-23)36(55)51(35(28)54)50-14-10-32(52)45-37(50)56/h1-7,11,19-21,26H,8-10,12-18,22H2,(H,43,46)(H,44,53)(H,45,52,56). The summed E-state index contributed by atoms with van der Waals surface area (Å²) >= 11 is 4.83. The number of hydrogen-bond donors (Lipinski definition) is 3. The van der Waals surface area contributed by atoms with Crippen LogP contribution in [0, 0.1) is 0 Å². The number of nitrogens with zero attached hydrogens (tertiary/aromatic N) is 7. The molecule has 0 radical (unpaired) electrons. The zero-order valence-corrected chi connectivity index (χ0v) is 31.2. The van der Waals surface area contributed by atoms with Crippen molar-refractivity contribution >= 4 is 52.8 Å². The van der Waals surface area contributed by atoms with E-state index >= 15 is 0 Å². The van der Waals surface area contributed by atoms with Crippen LogP contribution in [0.25, 0.3) is 11.3 Å². The van der Waals surface area contributed by atoms with Crippen molar-refractivity contribution in [2.45, 2.75) is 37.4 Å². The van der Waals surface area contributed by atoms with Crippen molar-refractivity contribution < 1.29 is 37.5 Å². The summed E-state index contributed by atoms with van der Waals surface area (Å²) < 4.78 is 30.3. The number of pyridine rings is 1. The van der Waals surface area contributed by atoms with Crippen molar-refractivity contribution in [3.05, 3.63) is 89.2 Å². The molecule has 3 fully saturated rings. The molecule has 0 spiro atoms. The number of imide groups is 2. The van der Waals surface area contributed by atoms with Gasteiger partial charge in [0, 0.05) is 80.4 Å². The maximum absolute atomic E-state index is 13.3. The number of piperazine rings is 1. The zero-order valence-electron chi connectivity index (χ0n) is 30.4. The van der Waals surface area contributed by atoms with Crippen molar-refractivity contribution in [3.8, 4) is 17.0 Å². The first-order valence-corrected chi connectivity index (χ1v) is 18.8. The smallest absolute Gasteiger partial charge is 0.420 e. The van der Waals surface area contributed by atoms with Gasteiger partial charge in [-0.1, -0.05) is 6.07 Å². The van der Waals surface area contributed by atoms with Crippen molar-refractivity contribution in [1.82, 2.24) is 40.3 Å². The van der Waals surface area contributed by atoms with Gasteiger partial charge < -0.3 is 15.0 Å². The molecule has 4 aliphatic rings. The van der Waals surface area contributed by atoms with Gasteiger partial charge in [-0.3, -0.25) is 39.4 Å². The number of benzene rings is 2. The number of H-pyrrole nitrogens is 1. The van der Waals surface area contributed by atoms with E-state index in [-0.39, 0.29) is 29.8 Å². The average Bonchev–Trinajstić information content (AvgIpc) is 3.82. The fraction of sp³-hybridized carbons (Fsp3) is 0.342. The van der Waals surface area contributed by atoms with Gasteiger partial charge in [-0.05, 0) is 80.0 Å². The Balaban J connectivity index is 0.853. The largest absolute Gasteiger partial charge is 0.487 e. The van der Waals surface area contributed by atoms with E-state index in [4.69, 9.17) is 16.6 Å². The minimum atomic E-state index is -3.85. The first-order chi connectivity index (χ1) is 27.4. The maximum Gasteiger partial charge on any atom is 0.487 e. The van der Waals surface area contributed by atoms with Crippen LogP contribution in [0.4, 0.5) is 25.1 Å². The molecule has 0 saturated carbocycles. The highest BCUT2D eigenvalue weighted by molar-refractivity contribution is 6.22. The molecule has 8 rings (SSSR count). The van der Waals surface area contributed by atoms with Gasteiger partial charge in [0.25, 0.3) is 17.7 Å². The normalized spacial score (nSPS) is 18.5. The lowest BCUT2D eigenvalue weighted by Gasteiger charge is -2.43. The second-order valence-corrected chi connectivity index (χ2v) is 14.6. The lowest BCUT2D eigenvalue weighted by Crippen LogP contribution is -2.58. The molecule has 2 aromatic heterocycles. The number of hydrazine groups is 1. The Morgan fingerprint density at radius 1 is 0.895 bits per heavy atom. The lowest BCUT2D eigenvalue weighted by atomic mass is 10.0. The number of carbonyl (C=O) groups is 5. The number of aromatic amines is 1. The minimum Gasteiger partial charge on any atom is -0.420 e. The van der Waals surface area contributed by atoms with Gasteiger partial charge in [0.05, 0.1) is 28.9 Å². The molecule has 57 heavy (non-hydrogen) atoms. The lowest BCUT2D eigenvalue weighted by molar-refractivity contribution is -0.122. The summed E-state index contributed by atoms with van der Waals surface area (Å²) in [5, 5.41) is 13.9. The molecule has 4 aliphatic heterocycles. The summed E-state index contributed by atoms with van der Waals surface area (Å²) in [5.74, 6) is -1.49. The van der Waals surface area contributed by atoms with E-state index in [0.717, 1.165) is 67.7 Å². The van der Waals surface area contributed by atoms with Gasteiger partial charge >= 0.3 is 11.6 Å². The number of hydrogen-bond acceptors (Lipinski definition) is 11. The number of urea groups is 1. The molecule has 3 N–H and O–H groups in total. The van der Waals surface area contributed by atoms with Crippen LogP contribution in [-0.4, -0.2) is 122 Å². The quantitative estimate of drug-likeness (QED) is 0.155. The number of piperidine rings is 1. The van der Waals surface area contributed by atoms with E-state index in [1.54, 1.807) is 24.4 Å². The average molecular weight is 803 g/mol. The van der Waals surface area contributed by atoms with Crippen LogP contribution in [-0.2, 0) is 11.3 Å². The summed E-state index contributed by atoms with van der Waals surface area (Å²) in [6.45, 7) is 5.37. The van der Waals surface area contributed by atoms with E-state index < -0.39 is 35.2 Å². The van der Waals surface area contributed by atoms with Crippen LogP contribution in [0.5, 0.6) is 5.75 Å². The Kier molecular flexibility index (Phi) is 10.3. The van der Waals surface area contributed by atoms with Gasteiger partial charge in [-0.15, -0.1) is 8.78 Å².